The molecule has 1 N–H and O–H groups in total. The van der Waals surface area contributed by atoms with Crippen LogP contribution in [-0.4, -0.2) is 26.1 Å². The Hall–Kier alpha value is -2.75. The minimum atomic E-state index is -1.33. The fourth-order valence-electron chi connectivity index (χ4n) is 2.71. The number of ether oxygens (including phenoxy) is 1. The number of rotatable bonds is 3. The van der Waals surface area contributed by atoms with Gasteiger partial charge in [0.05, 0.1) is 12.0 Å². The molecule has 0 bridgehead atoms. The van der Waals surface area contributed by atoms with Gasteiger partial charge in [0.15, 0.2) is 28.6 Å². The number of halogens is 4. The topological polar surface area (TPSA) is 64.9 Å². The second-order valence-corrected chi connectivity index (χ2v) is 5.50. The molecule has 4 rings (SSSR count). The summed E-state index contributed by atoms with van der Waals surface area (Å²) in [6, 6.07) is 1.00. The maximum Gasteiger partial charge on any atom is 0.312 e. The Morgan fingerprint density at radius 1 is 1.08 bits per heavy atom. The van der Waals surface area contributed by atoms with E-state index in [9.17, 15) is 17.6 Å². The van der Waals surface area contributed by atoms with Gasteiger partial charge < -0.3 is 10.1 Å². The van der Waals surface area contributed by atoms with Crippen LogP contribution >= 0.6 is 0 Å². The van der Waals surface area contributed by atoms with Gasteiger partial charge in [-0.1, -0.05) is 0 Å². The van der Waals surface area contributed by atoms with E-state index in [2.05, 4.69) is 20.3 Å². The molecule has 1 aromatic carbocycles. The molecule has 25 heavy (non-hydrogen) atoms. The monoisotopic (exact) mass is 353 g/mol. The molecule has 1 unspecified atom stereocenters. The van der Waals surface area contributed by atoms with E-state index in [0.29, 0.717) is 18.7 Å². The van der Waals surface area contributed by atoms with Crippen molar-refractivity contribution in [3.05, 3.63) is 42.0 Å². The Morgan fingerprint density at radius 3 is 2.64 bits per heavy atom. The summed E-state index contributed by atoms with van der Waals surface area (Å²) in [6.45, 7) is 0.573. The molecule has 10 heteroatoms. The van der Waals surface area contributed by atoms with Crippen molar-refractivity contribution in [2.45, 2.75) is 19.1 Å². The molecule has 0 radical (unpaired) electrons. The molecule has 0 aliphatic carbocycles. The first kappa shape index (κ1) is 15.8. The van der Waals surface area contributed by atoms with Gasteiger partial charge in [-0.2, -0.15) is 14.4 Å². The van der Waals surface area contributed by atoms with Crippen LogP contribution in [-0.2, 0) is 4.74 Å². The molecule has 1 atom stereocenters. The Balaban J connectivity index is 1.78. The second-order valence-electron chi connectivity index (χ2n) is 5.50. The van der Waals surface area contributed by atoms with Crippen molar-refractivity contribution in [2.24, 2.45) is 0 Å². The molecule has 1 aliphatic rings. The summed E-state index contributed by atoms with van der Waals surface area (Å²) < 4.78 is 61.1. The lowest BCUT2D eigenvalue weighted by molar-refractivity contribution is 0.0592. The Labute approximate surface area is 138 Å². The average molecular weight is 353 g/mol. The summed E-state index contributed by atoms with van der Waals surface area (Å²) in [5, 5.41) is 2.44. The van der Waals surface area contributed by atoms with Crippen LogP contribution in [0.4, 0.5) is 29.1 Å². The van der Waals surface area contributed by atoms with Gasteiger partial charge in [-0.3, -0.25) is 4.57 Å². The predicted octanol–water partition coefficient (Wildman–Crippen LogP) is 3.44. The number of imidazole rings is 1. The lowest BCUT2D eigenvalue weighted by Crippen LogP contribution is -2.08. The first-order chi connectivity index (χ1) is 12.0. The van der Waals surface area contributed by atoms with Crippen molar-refractivity contribution in [2.75, 3.05) is 11.9 Å². The lowest BCUT2D eigenvalue weighted by atomic mass is 10.2. The largest absolute Gasteiger partial charge is 0.358 e. The lowest BCUT2D eigenvalue weighted by Gasteiger charge is -2.12. The normalized spacial score (nSPS) is 17.4. The maximum absolute atomic E-state index is 13.8. The zero-order valence-electron chi connectivity index (χ0n) is 12.6. The minimum Gasteiger partial charge on any atom is -0.358 e. The van der Waals surface area contributed by atoms with Gasteiger partial charge in [0, 0.05) is 18.7 Å². The quantitative estimate of drug-likeness (QED) is 0.444. The molecule has 0 amide bonds. The van der Waals surface area contributed by atoms with Gasteiger partial charge in [-0.05, 0) is 12.8 Å². The molecular weight excluding hydrogens is 342 g/mol. The molecule has 1 fully saturated rings. The number of hydrogen-bond acceptors (Lipinski definition) is 5. The molecule has 2 aromatic heterocycles. The van der Waals surface area contributed by atoms with Crippen molar-refractivity contribution >= 4 is 22.7 Å². The van der Waals surface area contributed by atoms with E-state index in [1.54, 1.807) is 4.57 Å². The van der Waals surface area contributed by atoms with Gasteiger partial charge in [0.1, 0.15) is 12.0 Å². The van der Waals surface area contributed by atoms with Gasteiger partial charge >= 0.3 is 6.08 Å². The van der Waals surface area contributed by atoms with Crippen LogP contribution in [0.1, 0.15) is 19.1 Å². The highest BCUT2D eigenvalue weighted by Gasteiger charge is 2.23. The molecule has 3 aromatic rings. The van der Waals surface area contributed by atoms with Gasteiger partial charge in [-0.25, -0.2) is 18.2 Å². The van der Waals surface area contributed by atoms with Crippen LogP contribution in [0.5, 0.6) is 0 Å². The third-order valence-electron chi connectivity index (χ3n) is 3.87. The smallest absolute Gasteiger partial charge is 0.312 e. The van der Waals surface area contributed by atoms with E-state index in [-0.39, 0.29) is 23.2 Å². The second kappa shape index (κ2) is 5.96. The molecule has 1 aliphatic heterocycles. The number of aromatic nitrogens is 4. The molecule has 0 saturated carbocycles. The molecule has 3 heterocycles. The predicted molar refractivity (Wildman–Crippen MR) is 79.1 cm³/mol. The zero-order chi connectivity index (χ0) is 17.6. The number of benzene rings is 1. The van der Waals surface area contributed by atoms with Crippen molar-refractivity contribution in [3.8, 4) is 0 Å². The number of nitrogens with one attached hydrogen (secondary N) is 1. The summed E-state index contributed by atoms with van der Waals surface area (Å²) in [5.41, 5.74) is -0.0871. The maximum atomic E-state index is 13.8. The van der Waals surface area contributed by atoms with Crippen molar-refractivity contribution < 1.29 is 22.3 Å². The molecule has 0 spiro atoms. The van der Waals surface area contributed by atoms with E-state index < -0.39 is 29.2 Å². The standard InChI is InChI=1S/C15H11F4N5O/c16-7-4-9(18)10(5-8(7)17)21-13-12-14(23-15(19)22-13)24(6-20-12)11-2-1-3-25-11/h4-6,11H,1-3H2,(H,21,22,23). The summed E-state index contributed by atoms with van der Waals surface area (Å²) in [4.78, 5) is 11.4. The van der Waals surface area contributed by atoms with Gasteiger partial charge in [0.2, 0.25) is 0 Å². The Morgan fingerprint density at radius 2 is 1.88 bits per heavy atom. The van der Waals surface area contributed by atoms with E-state index in [4.69, 9.17) is 4.74 Å². The van der Waals surface area contributed by atoms with Crippen LogP contribution in [0.2, 0.25) is 0 Å². The van der Waals surface area contributed by atoms with Crippen molar-refractivity contribution in [3.63, 3.8) is 0 Å². The van der Waals surface area contributed by atoms with Gasteiger partial charge in [-0.15, -0.1) is 0 Å². The summed E-state index contributed by atoms with van der Waals surface area (Å²) in [5.74, 6) is -3.79. The highest BCUT2D eigenvalue weighted by molar-refractivity contribution is 5.85. The fourth-order valence-corrected chi connectivity index (χ4v) is 2.71. The summed E-state index contributed by atoms with van der Waals surface area (Å²) >= 11 is 0. The van der Waals surface area contributed by atoms with Crippen molar-refractivity contribution in [1.29, 1.82) is 0 Å². The first-order valence-corrected chi connectivity index (χ1v) is 7.46. The summed E-state index contributed by atoms with van der Waals surface area (Å²) in [7, 11) is 0. The number of fused-ring (bicyclic) bond motifs is 1. The number of anilines is 2. The zero-order valence-corrected chi connectivity index (χ0v) is 12.6. The van der Waals surface area contributed by atoms with E-state index in [1.165, 1.54) is 6.33 Å². The van der Waals surface area contributed by atoms with Gasteiger partial charge in [0.25, 0.3) is 0 Å². The van der Waals surface area contributed by atoms with Crippen molar-refractivity contribution in [1.82, 2.24) is 19.5 Å². The number of hydrogen-bond donors (Lipinski definition) is 1. The summed E-state index contributed by atoms with van der Waals surface area (Å²) in [6.07, 6.45) is 1.59. The average Bonchev–Trinajstić information content (AvgIpc) is 3.21. The molecule has 130 valence electrons. The highest BCUT2D eigenvalue weighted by atomic mass is 19.2. The van der Waals surface area contributed by atoms with Crippen LogP contribution in [0, 0.1) is 23.5 Å². The van der Waals surface area contributed by atoms with E-state index in [1.807, 2.05) is 0 Å². The van der Waals surface area contributed by atoms with Crippen LogP contribution < -0.4 is 5.32 Å². The minimum absolute atomic E-state index is 0.154. The van der Waals surface area contributed by atoms with E-state index >= 15 is 0 Å². The Bertz CT molecular complexity index is 955. The third kappa shape index (κ3) is 2.78. The molecule has 6 nitrogen and oxygen atoms in total. The van der Waals surface area contributed by atoms with Crippen LogP contribution in [0.3, 0.4) is 0 Å². The third-order valence-corrected chi connectivity index (χ3v) is 3.87. The first-order valence-electron chi connectivity index (χ1n) is 7.46. The SMILES string of the molecule is Fc1nc(Nc2cc(F)c(F)cc2F)c2ncn(C3CCCO3)c2n1. The van der Waals surface area contributed by atoms with Crippen LogP contribution in [0.15, 0.2) is 18.5 Å². The van der Waals surface area contributed by atoms with E-state index in [0.717, 1.165) is 12.8 Å². The molecular formula is C15H11F4N5O. The fraction of sp³-hybridized carbons (Fsp3) is 0.267. The number of nitrogens with zero attached hydrogens (tertiary/aromatic N) is 4. The van der Waals surface area contributed by atoms with Crippen LogP contribution in [0.25, 0.3) is 11.2 Å². The highest BCUT2D eigenvalue weighted by Crippen LogP contribution is 2.30. The Kier molecular flexibility index (Phi) is 3.75. The molecule has 1 saturated heterocycles.